The maximum atomic E-state index is 11.6. The van der Waals surface area contributed by atoms with Crippen LogP contribution in [-0.4, -0.2) is 32.2 Å². The van der Waals surface area contributed by atoms with Gasteiger partial charge >= 0.3 is 0 Å². The van der Waals surface area contributed by atoms with Gasteiger partial charge in [-0.25, -0.2) is 0 Å². The highest BCUT2D eigenvalue weighted by Crippen LogP contribution is 2.29. The number of nitrogens with two attached hydrogens (primary N) is 1. The smallest absolute Gasteiger partial charge is 0.249 e. The van der Waals surface area contributed by atoms with Gasteiger partial charge in [-0.2, -0.15) is 0 Å². The van der Waals surface area contributed by atoms with Crippen molar-refractivity contribution in [2.75, 3.05) is 31.2 Å². The van der Waals surface area contributed by atoms with Gasteiger partial charge in [-0.05, 0) is 36.1 Å². The normalized spacial score (nSPS) is 15.9. The molecular formula is C15H22N2O2. The molecule has 104 valence electrons. The Balaban J connectivity index is 2.44. The lowest BCUT2D eigenvalue weighted by molar-refractivity contribution is 0.0998. The number of anilines is 1. The second-order valence-electron chi connectivity index (χ2n) is 5.35. The Kier molecular flexibility index (Phi) is 4.10. The molecule has 0 atom stereocenters. The molecule has 4 nitrogen and oxygen atoms in total. The zero-order chi connectivity index (χ0) is 14.0. The topological polar surface area (TPSA) is 55.6 Å². The molecule has 0 saturated carbocycles. The predicted molar refractivity (Wildman–Crippen MR) is 76.8 cm³/mol. The molecule has 1 aromatic carbocycles. The van der Waals surface area contributed by atoms with Crippen molar-refractivity contribution in [3.05, 3.63) is 28.8 Å². The molecule has 1 aliphatic heterocycles. The summed E-state index contributed by atoms with van der Waals surface area (Å²) >= 11 is 0. The minimum atomic E-state index is -0.338. The van der Waals surface area contributed by atoms with Gasteiger partial charge < -0.3 is 15.4 Å². The van der Waals surface area contributed by atoms with Crippen LogP contribution in [0.15, 0.2) is 12.1 Å². The summed E-state index contributed by atoms with van der Waals surface area (Å²) in [5.74, 6) is -0.0584. The van der Waals surface area contributed by atoms with Gasteiger partial charge in [-0.3, -0.25) is 4.79 Å². The second kappa shape index (κ2) is 5.61. The number of nitrogens with zero attached hydrogens (tertiary/aromatic N) is 1. The van der Waals surface area contributed by atoms with Gasteiger partial charge in [0.25, 0.3) is 0 Å². The zero-order valence-electron chi connectivity index (χ0n) is 11.9. The van der Waals surface area contributed by atoms with Gasteiger partial charge in [0.05, 0.1) is 13.2 Å². The van der Waals surface area contributed by atoms with Crippen LogP contribution in [0.3, 0.4) is 0 Å². The molecule has 1 aromatic rings. The van der Waals surface area contributed by atoms with Crippen LogP contribution in [0, 0.1) is 6.92 Å². The maximum Gasteiger partial charge on any atom is 0.249 e. The average Bonchev–Trinajstić information content (AvgIpc) is 2.38. The first-order valence-corrected chi connectivity index (χ1v) is 6.77. The van der Waals surface area contributed by atoms with E-state index in [0.29, 0.717) is 5.56 Å². The number of amides is 1. The van der Waals surface area contributed by atoms with Crippen LogP contribution in [0.2, 0.25) is 0 Å². The van der Waals surface area contributed by atoms with Crippen molar-refractivity contribution in [2.45, 2.75) is 26.7 Å². The summed E-state index contributed by atoms with van der Waals surface area (Å²) in [4.78, 5) is 13.9. The third-order valence-corrected chi connectivity index (χ3v) is 3.60. The van der Waals surface area contributed by atoms with Gasteiger partial charge in [0.2, 0.25) is 5.91 Å². The molecule has 0 spiro atoms. The number of carbonyl (C=O) groups is 1. The lowest BCUT2D eigenvalue weighted by atomic mass is 9.92. The zero-order valence-corrected chi connectivity index (χ0v) is 11.9. The monoisotopic (exact) mass is 262 g/mol. The van der Waals surface area contributed by atoms with E-state index in [4.69, 9.17) is 10.5 Å². The number of benzene rings is 1. The van der Waals surface area contributed by atoms with E-state index in [1.54, 1.807) is 0 Å². The molecule has 1 saturated heterocycles. The van der Waals surface area contributed by atoms with Crippen molar-refractivity contribution in [2.24, 2.45) is 5.73 Å². The van der Waals surface area contributed by atoms with E-state index in [0.717, 1.165) is 43.1 Å². The van der Waals surface area contributed by atoms with Crippen molar-refractivity contribution >= 4 is 11.6 Å². The molecule has 1 amide bonds. The number of morpholine rings is 1. The molecule has 0 bridgehead atoms. The van der Waals surface area contributed by atoms with Crippen LogP contribution in [0.5, 0.6) is 0 Å². The largest absolute Gasteiger partial charge is 0.378 e. The highest BCUT2D eigenvalue weighted by Gasteiger charge is 2.19. The Bertz CT molecular complexity index is 477. The van der Waals surface area contributed by atoms with E-state index in [1.165, 1.54) is 0 Å². The average molecular weight is 262 g/mol. The summed E-state index contributed by atoms with van der Waals surface area (Å²) in [5, 5.41) is 0. The van der Waals surface area contributed by atoms with Crippen LogP contribution in [0.1, 0.15) is 41.3 Å². The molecule has 0 radical (unpaired) electrons. The number of ether oxygens (including phenoxy) is 1. The quantitative estimate of drug-likeness (QED) is 0.907. The van der Waals surface area contributed by atoms with Crippen molar-refractivity contribution in [1.82, 2.24) is 0 Å². The molecule has 0 unspecified atom stereocenters. The highest BCUT2D eigenvalue weighted by atomic mass is 16.5. The van der Waals surface area contributed by atoms with Crippen LogP contribution >= 0.6 is 0 Å². The summed E-state index contributed by atoms with van der Waals surface area (Å²) < 4.78 is 5.38. The SMILES string of the molecule is Cc1cc(N2CCOCC2)cc(C(C)C)c1C(N)=O. The standard InChI is InChI=1S/C15H22N2O2/c1-10(2)13-9-12(17-4-6-19-7-5-17)8-11(3)14(13)15(16)18/h8-10H,4-7H2,1-3H3,(H2,16,18). The summed E-state index contributed by atoms with van der Waals surface area (Å²) in [5.41, 5.74) is 9.34. The molecule has 19 heavy (non-hydrogen) atoms. The third kappa shape index (κ3) is 2.89. The van der Waals surface area contributed by atoms with Gasteiger partial charge in [0, 0.05) is 24.3 Å². The van der Waals surface area contributed by atoms with E-state index < -0.39 is 0 Å². The van der Waals surface area contributed by atoms with Gasteiger partial charge in [0.1, 0.15) is 0 Å². The molecule has 1 fully saturated rings. The van der Waals surface area contributed by atoms with Gasteiger partial charge in [-0.1, -0.05) is 13.8 Å². The number of hydrogen-bond acceptors (Lipinski definition) is 3. The summed E-state index contributed by atoms with van der Waals surface area (Å²) in [7, 11) is 0. The van der Waals surface area contributed by atoms with Crippen LogP contribution in [0.25, 0.3) is 0 Å². The molecular weight excluding hydrogens is 240 g/mol. The summed E-state index contributed by atoms with van der Waals surface area (Å²) in [6.07, 6.45) is 0. The molecule has 1 heterocycles. The molecule has 2 rings (SSSR count). The minimum Gasteiger partial charge on any atom is -0.378 e. The van der Waals surface area contributed by atoms with E-state index in [2.05, 4.69) is 30.9 Å². The predicted octanol–water partition coefficient (Wildman–Crippen LogP) is 2.05. The number of primary amides is 1. The van der Waals surface area contributed by atoms with E-state index in [1.807, 2.05) is 6.92 Å². The lowest BCUT2D eigenvalue weighted by Crippen LogP contribution is -2.36. The van der Waals surface area contributed by atoms with Crippen LogP contribution in [0.4, 0.5) is 5.69 Å². The Morgan fingerprint density at radius 1 is 1.32 bits per heavy atom. The number of rotatable bonds is 3. The molecule has 4 heteroatoms. The second-order valence-corrected chi connectivity index (χ2v) is 5.35. The van der Waals surface area contributed by atoms with Crippen molar-refractivity contribution in [3.63, 3.8) is 0 Å². The Labute approximate surface area is 114 Å². The molecule has 0 aromatic heterocycles. The fraction of sp³-hybridized carbons (Fsp3) is 0.533. The Morgan fingerprint density at radius 2 is 1.95 bits per heavy atom. The van der Waals surface area contributed by atoms with Crippen molar-refractivity contribution < 1.29 is 9.53 Å². The summed E-state index contributed by atoms with van der Waals surface area (Å²) in [6, 6.07) is 4.15. The van der Waals surface area contributed by atoms with E-state index in [-0.39, 0.29) is 11.8 Å². The van der Waals surface area contributed by atoms with Gasteiger partial charge in [-0.15, -0.1) is 0 Å². The first-order valence-electron chi connectivity index (χ1n) is 6.77. The molecule has 0 aliphatic carbocycles. The highest BCUT2D eigenvalue weighted by molar-refractivity contribution is 5.96. The van der Waals surface area contributed by atoms with E-state index in [9.17, 15) is 4.79 Å². The lowest BCUT2D eigenvalue weighted by Gasteiger charge is -2.30. The number of aryl methyl sites for hydroxylation is 1. The van der Waals surface area contributed by atoms with Crippen LogP contribution < -0.4 is 10.6 Å². The van der Waals surface area contributed by atoms with Crippen LogP contribution in [-0.2, 0) is 4.74 Å². The van der Waals surface area contributed by atoms with Gasteiger partial charge in [0.15, 0.2) is 0 Å². The Hall–Kier alpha value is -1.55. The Morgan fingerprint density at radius 3 is 2.47 bits per heavy atom. The first-order chi connectivity index (χ1) is 9.00. The number of carbonyl (C=O) groups excluding carboxylic acids is 1. The minimum absolute atomic E-state index is 0.280. The fourth-order valence-corrected chi connectivity index (χ4v) is 2.59. The van der Waals surface area contributed by atoms with E-state index >= 15 is 0 Å². The van der Waals surface area contributed by atoms with Crippen molar-refractivity contribution in [3.8, 4) is 0 Å². The molecule has 1 aliphatic rings. The summed E-state index contributed by atoms with van der Waals surface area (Å²) in [6.45, 7) is 9.44. The number of hydrogen-bond donors (Lipinski definition) is 1. The van der Waals surface area contributed by atoms with Crippen molar-refractivity contribution in [1.29, 1.82) is 0 Å². The third-order valence-electron chi connectivity index (χ3n) is 3.60. The maximum absolute atomic E-state index is 11.6. The molecule has 2 N–H and O–H groups in total. The first kappa shape index (κ1) is 13.9. The fourth-order valence-electron chi connectivity index (χ4n) is 2.59.